The number of rotatable bonds is 5. The first kappa shape index (κ1) is 15.9. The second kappa shape index (κ2) is 6.28. The molecule has 1 fully saturated rings. The molecular weight excluding hydrogens is 308 g/mol. The van der Waals surface area contributed by atoms with E-state index in [2.05, 4.69) is 29.0 Å². The maximum Gasteiger partial charge on any atom is 0.273 e. The van der Waals surface area contributed by atoms with E-state index in [1.54, 1.807) is 17.4 Å². The molecule has 1 aliphatic carbocycles. The lowest BCUT2D eigenvalue weighted by Crippen LogP contribution is -2.33. The summed E-state index contributed by atoms with van der Waals surface area (Å²) in [5.74, 6) is 0.331. The highest BCUT2D eigenvalue weighted by atomic mass is 32.1. The van der Waals surface area contributed by atoms with Gasteiger partial charge < -0.3 is 10.6 Å². The molecule has 2 aromatic heterocycles. The molecule has 6 heteroatoms. The number of carbonyl (C=O) groups is 1. The van der Waals surface area contributed by atoms with Gasteiger partial charge in [-0.05, 0) is 43.9 Å². The van der Waals surface area contributed by atoms with E-state index < -0.39 is 0 Å². The first-order valence-electron chi connectivity index (χ1n) is 7.94. The van der Waals surface area contributed by atoms with Gasteiger partial charge in [0.25, 0.3) is 5.91 Å². The average molecular weight is 330 g/mol. The van der Waals surface area contributed by atoms with Crippen LogP contribution in [0.25, 0.3) is 0 Å². The zero-order chi connectivity index (χ0) is 16.6. The van der Waals surface area contributed by atoms with Crippen molar-refractivity contribution in [3.8, 4) is 0 Å². The molecule has 2 N–H and O–H groups in total. The number of aryl methyl sites for hydroxylation is 1. The van der Waals surface area contributed by atoms with Crippen LogP contribution in [0.2, 0.25) is 0 Å². The van der Waals surface area contributed by atoms with Gasteiger partial charge in [-0.3, -0.25) is 4.79 Å². The number of hydrogen-bond acceptors (Lipinski definition) is 5. The smallest absolute Gasteiger partial charge is 0.273 e. The van der Waals surface area contributed by atoms with Crippen LogP contribution in [0.4, 0.5) is 5.95 Å². The van der Waals surface area contributed by atoms with Crippen LogP contribution in [0, 0.1) is 6.92 Å². The van der Waals surface area contributed by atoms with Gasteiger partial charge in [0, 0.05) is 21.5 Å². The van der Waals surface area contributed by atoms with Crippen molar-refractivity contribution in [2.45, 2.75) is 52.1 Å². The third kappa shape index (κ3) is 3.69. The van der Waals surface area contributed by atoms with Gasteiger partial charge in [-0.15, -0.1) is 11.3 Å². The van der Waals surface area contributed by atoms with Crippen molar-refractivity contribution >= 4 is 23.2 Å². The van der Waals surface area contributed by atoms with E-state index in [0.717, 1.165) is 18.5 Å². The average Bonchev–Trinajstić information content (AvgIpc) is 3.26. The molecule has 3 rings (SSSR count). The van der Waals surface area contributed by atoms with Crippen LogP contribution >= 0.6 is 11.3 Å². The van der Waals surface area contributed by atoms with E-state index in [1.807, 2.05) is 18.7 Å². The molecule has 23 heavy (non-hydrogen) atoms. The van der Waals surface area contributed by atoms with Crippen molar-refractivity contribution in [1.82, 2.24) is 14.9 Å². The van der Waals surface area contributed by atoms with Crippen molar-refractivity contribution in [1.29, 1.82) is 0 Å². The van der Waals surface area contributed by atoms with Crippen molar-refractivity contribution in [2.75, 3.05) is 5.73 Å². The Morgan fingerprint density at radius 2 is 2.13 bits per heavy atom. The third-order valence-electron chi connectivity index (χ3n) is 3.94. The molecule has 0 unspecified atom stereocenters. The lowest BCUT2D eigenvalue weighted by atomic mass is 10.1. The number of thiophene rings is 1. The van der Waals surface area contributed by atoms with Gasteiger partial charge in [0.2, 0.25) is 5.95 Å². The fraction of sp³-hybridized carbons (Fsp3) is 0.471. The summed E-state index contributed by atoms with van der Waals surface area (Å²) in [5.41, 5.74) is 7.00. The SMILES string of the molecule is Cc1ccc(CN(C(=O)c2cc(C(C)C)nc(N)n2)C2CC2)s1. The van der Waals surface area contributed by atoms with Crippen molar-refractivity contribution in [2.24, 2.45) is 0 Å². The second-order valence-corrected chi connectivity index (χ2v) is 7.74. The zero-order valence-electron chi connectivity index (χ0n) is 13.7. The van der Waals surface area contributed by atoms with Gasteiger partial charge in [-0.1, -0.05) is 13.8 Å². The molecule has 0 atom stereocenters. The molecule has 1 amide bonds. The Bertz CT molecular complexity index is 721. The molecule has 0 saturated heterocycles. The number of aromatic nitrogens is 2. The Morgan fingerprint density at radius 1 is 1.39 bits per heavy atom. The maximum atomic E-state index is 12.9. The van der Waals surface area contributed by atoms with Crippen LogP contribution in [0.1, 0.15) is 58.5 Å². The quantitative estimate of drug-likeness (QED) is 0.912. The summed E-state index contributed by atoms with van der Waals surface area (Å²) >= 11 is 1.73. The fourth-order valence-electron chi connectivity index (χ4n) is 2.53. The van der Waals surface area contributed by atoms with Crippen molar-refractivity contribution in [3.05, 3.63) is 39.3 Å². The highest BCUT2D eigenvalue weighted by molar-refractivity contribution is 7.11. The highest BCUT2D eigenvalue weighted by Crippen LogP contribution is 2.31. The predicted octanol–water partition coefficient (Wildman–Crippen LogP) is 3.36. The van der Waals surface area contributed by atoms with Crippen LogP contribution in [0.3, 0.4) is 0 Å². The minimum Gasteiger partial charge on any atom is -0.368 e. The first-order valence-corrected chi connectivity index (χ1v) is 8.76. The Labute approximate surface area is 140 Å². The Kier molecular flexibility index (Phi) is 4.35. The molecule has 0 aliphatic heterocycles. The molecule has 0 aromatic carbocycles. The molecule has 5 nitrogen and oxygen atoms in total. The highest BCUT2D eigenvalue weighted by Gasteiger charge is 2.34. The second-order valence-electron chi connectivity index (χ2n) is 6.37. The van der Waals surface area contributed by atoms with Crippen LogP contribution in [0.5, 0.6) is 0 Å². The predicted molar refractivity (Wildman–Crippen MR) is 92.5 cm³/mol. The van der Waals surface area contributed by atoms with E-state index in [4.69, 9.17) is 5.73 Å². The summed E-state index contributed by atoms with van der Waals surface area (Å²) in [6.07, 6.45) is 2.13. The maximum absolute atomic E-state index is 12.9. The van der Waals surface area contributed by atoms with Gasteiger partial charge in [0.05, 0.1) is 6.54 Å². The molecule has 1 aliphatic rings. The van der Waals surface area contributed by atoms with Crippen LogP contribution in [0.15, 0.2) is 18.2 Å². The molecule has 2 heterocycles. The van der Waals surface area contributed by atoms with Crippen LogP contribution in [-0.4, -0.2) is 26.8 Å². The summed E-state index contributed by atoms with van der Waals surface area (Å²) in [6.45, 7) is 6.78. The summed E-state index contributed by atoms with van der Waals surface area (Å²) < 4.78 is 0. The van der Waals surface area contributed by atoms with Gasteiger partial charge in [-0.2, -0.15) is 0 Å². The van der Waals surface area contributed by atoms with Crippen LogP contribution < -0.4 is 5.73 Å². The van der Waals surface area contributed by atoms with E-state index >= 15 is 0 Å². The van der Waals surface area contributed by atoms with E-state index in [1.165, 1.54) is 9.75 Å². The topological polar surface area (TPSA) is 72.1 Å². The van der Waals surface area contributed by atoms with Gasteiger partial charge >= 0.3 is 0 Å². The van der Waals surface area contributed by atoms with E-state index in [-0.39, 0.29) is 17.8 Å². The minimum atomic E-state index is -0.0467. The monoisotopic (exact) mass is 330 g/mol. The molecule has 0 bridgehead atoms. The summed E-state index contributed by atoms with van der Waals surface area (Å²) in [5, 5.41) is 0. The Morgan fingerprint density at radius 3 is 2.70 bits per heavy atom. The van der Waals surface area contributed by atoms with Gasteiger partial charge in [-0.25, -0.2) is 9.97 Å². The third-order valence-corrected chi connectivity index (χ3v) is 4.93. The normalized spacial score (nSPS) is 14.3. The Balaban J connectivity index is 1.86. The minimum absolute atomic E-state index is 0.0467. The molecule has 0 radical (unpaired) electrons. The number of hydrogen-bond donors (Lipinski definition) is 1. The molecule has 2 aromatic rings. The lowest BCUT2D eigenvalue weighted by Gasteiger charge is -2.22. The van der Waals surface area contributed by atoms with Crippen molar-refractivity contribution < 1.29 is 4.79 Å². The number of carbonyl (C=O) groups excluding carboxylic acids is 1. The first-order chi connectivity index (χ1) is 10.9. The number of amides is 1. The number of nitrogens with zero attached hydrogens (tertiary/aromatic N) is 3. The van der Waals surface area contributed by atoms with Gasteiger partial charge in [0.1, 0.15) is 5.69 Å². The van der Waals surface area contributed by atoms with Gasteiger partial charge in [0.15, 0.2) is 0 Å². The van der Waals surface area contributed by atoms with E-state index in [9.17, 15) is 4.79 Å². The standard InChI is InChI=1S/C17H22N4OS/c1-10(2)14-8-15(20-17(18)19-14)16(22)21(12-5-6-12)9-13-7-4-11(3)23-13/h4,7-8,10,12H,5-6,9H2,1-3H3,(H2,18,19,20). The Hall–Kier alpha value is -1.95. The molecule has 1 saturated carbocycles. The number of nitrogen functional groups attached to an aromatic ring is 1. The number of anilines is 1. The summed E-state index contributed by atoms with van der Waals surface area (Å²) in [6, 6.07) is 6.29. The van der Waals surface area contributed by atoms with Crippen LogP contribution in [-0.2, 0) is 6.54 Å². The lowest BCUT2D eigenvalue weighted by molar-refractivity contribution is 0.0725. The number of nitrogens with two attached hydrogens (primary N) is 1. The zero-order valence-corrected chi connectivity index (χ0v) is 14.6. The van der Waals surface area contributed by atoms with Crippen molar-refractivity contribution in [3.63, 3.8) is 0 Å². The largest absolute Gasteiger partial charge is 0.368 e. The summed E-state index contributed by atoms with van der Waals surface area (Å²) in [7, 11) is 0. The molecule has 0 spiro atoms. The summed E-state index contributed by atoms with van der Waals surface area (Å²) in [4.78, 5) is 25.7. The fourth-order valence-corrected chi connectivity index (χ4v) is 3.42. The molecular formula is C17H22N4OS. The molecule has 122 valence electrons. The van der Waals surface area contributed by atoms with E-state index in [0.29, 0.717) is 18.3 Å².